The number of carboxylic acids is 1. The van der Waals surface area contributed by atoms with Crippen molar-refractivity contribution in [1.82, 2.24) is 4.98 Å². The lowest BCUT2D eigenvalue weighted by Crippen LogP contribution is -2.24. The van der Waals surface area contributed by atoms with Gasteiger partial charge in [0.05, 0.1) is 30.3 Å². The normalized spacial score (nSPS) is 16.1. The van der Waals surface area contributed by atoms with Crippen LogP contribution in [0.5, 0.6) is 11.6 Å². The first-order valence-electron chi connectivity index (χ1n) is 8.43. The summed E-state index contributed by atoms with van der Waals surface area (Å²) in [5.41, 5.74) is 3.09. The molecule has 1 aliphatic rings. The molecular weight excluding hydrogens is 332 g/mol. The predicted molar refractivity (Wildman–Crippen MR) is 98.8 cm³/mol. The lowest BCUT2D eigenvalue weighted by atomic mass is 9.80. The molecule has 2 heterocycles. The van der Waals surface area contributed by atoms with Crippen molar-refractivity contribution in [3.05, 3.63) is 58.9 Å². The van der Waals surface area contributed by atoms with Gasteiger partial charge in [-0.1, -0.05) is 18.2 Å². The molecule has 1 unspecified atom stereocenters. The number of ether oxygens (including phenoxy) is 2. The number of anilines is 1. The van der Waals surface area contributed by atoms with E-state index in [1.54, 1.807) is 20.2 Å². The molecule has 2 N–H and O–H groups in total. The van der Waals surface area contributed by atoms with E-state index in [9.17, 15) is 9.90 Å². The van der Waals surface area contributed by atoms with Gasteiger partial charge in [0.2, 0.25) is 5.88 Å². The summed E-state index contributed by atoms with van der Waals surface area (Å²) in [4.78, 5) is 16.5. The van der Waals surface area contributed by atoms with Gasteiger partial charge in [0.1, 0.15) is 5.75 Å². The number of pyridine rings is 1. The topological polar surface area (TPSA) is 80.7 Å². The smallest absolute Gasteiger partial charge is 0.334 e. The average molecular weight is 354 g/mol. The maximum absolute atomic E-state index is 12.1. The summed E-state index contributed by atoms with van der Waals surface area (Å²) in [5, 5.41) is 13.1. The van der Waals surface area contributed by atoms with Crippen molar-refractivity contribution in [2.45, 2.75) is 32.8 Å². The molecule has 1 aliphatic heterocycles. The number of rotatable bonds is 5. The van der Waals surface area contributed by atoms with Crippen molar-refractivity contribution < 1.29 is 19.4 Å². The predicted octanol–water partition coefficient (Wildman–Crippen LogP) is 3.79. The third kappa shape index (κ3) is 3.10. The maximum atomic E-state index is 12.1. The van der Waals surface area contributed by atoms with Crippen molar-refractivity contribution in [2.24, 2.45) is 0 Å². The van der Waals surface area contributed by atoms with Gasteiger partial charge in [0, 0.05) is 23.1 Å². The Morgan fingerprint density at radius 2 is 2.00 bits per heavy atom. The first-order chi connectivity index (χ1) is 12.4. The van der Waals surface area contributed by atoms with Gasteiger partial charge < -0.3 is 19.9 Å². The highest BCUT2D eigenvalue weighted by Crippen LogP contribution is 2.47. The van der Waals surface area contributed by atoms with Crippen molar-refractivity contribution in [2.75, 3.05) is 12.4 Å². The lowest BCUT2D eigenvalue weighted by molar-refractivity contribution is -0.132. The molecule has 0 aliphatic carbocycles. The van der Waals surface area contributed by atoms with E-state index in [0.717, 1.165) is 11.3 Å². The number of benzene rings is 1. The molecule has 3 rings (SSSR count). The van der Waals surface area contributed by atoms with E-state index in [-0.39, 0.29) is 11.7 Å². The van der Waals surface area contributed by atoms with Gasteiger partial charge in [0.25, 0.3) is 0 Å². The van der Waals surface area contributed by atoms with Crippen LogP contribution in [-0.2, 0) is 4.79 Å². The van der Waals surface area contributed by atoms with E-state index in [2.05, 4.69) is 10.3 Å². The molecule has 0 saturated carbocycles. The first kappa shape index (κ1) is 17.8. The molecule has 1 aromatic heterocycles. The van der Waals surface area contributed by atoms with Crippen LogP contribution in [0.1, 0.15) is 37.8 Å². The monoisotopic (exact) mass is 354 g/mol. The number of methoxy groups -OCH3 is 1. The number of fused-ring (bicyclic) bond motifs is 1. The van der Waals surface area contributed by atoms with Gasteiger partial charge in [-0.25, -0.2) is 9.78 Å². The zero-order valence-electron chi connectivity index (χ0n) is 15.2. The highest BCUT2D eigenvalue weighted by molar-refractivity contribution is 5.94. The van der Waals surface area contributed by atoms with Gasteiger partial charge in [-0.2, -0.15) is 0 Å². The number of nitrogens with one attached hydrogen (secondary N) is 1. The highest BCUT2D eigenvalue weighted by Gasteiger charge is 2.36. The zero-order valence-corrected chi connectivity index (χ0v) is 15.2. The molecule has 0 saturated heterocycles. The number of allylic oxidation sites excluding steroid dienone is 1. The standard InChI is InChI=1S/C20H22N2O4/c1-11(2)26-19-18-14(9-10-21-19)22-12(3)16(20(23)24)17(18)13-7-5-6-8-15(13)25-4/h5-11,17,22H,1-4H3,(H,23,24). The quantitative estimate of drug-likeness (QED) is 0.850. The van der Waals surface area contributed by atoms with Crippen molar-refractivity contribution in [3.8, 4) is 11.6 Å². The minimum atomic E-state index is -0.990. The Balaban J connectivity index is 2.30. The largest absolute Gasteiger partial charge is 0.496 e. The fraction of sp³-hybridized carbons (Fsp3) is 0.300. The SMILES string of the molecule is COc1ccccc1C1C(C(=O)O)=C(C)Nc2ccnc(OC(C)C)c21. The summed E-state index contributed by atoms with van der Waals surface area (Å²) >= 11 is 0. The number of aromatic nitrogens is 1. The van der Waals surface area contributed by atoms with Gasteiger partial charge in [-0.05, 0) is 32.9 Å². The van der Waals surface area contributed by atoms with E-state index in [1.807, 2.05) is 44.2 Å². The van der Waals surface area contributed by atoms with Crippen LogP contribution in [0.25, 0.3) is 0 Å². The summed E-state index contributed by atoms with van der Waals surface area (Å²) in [7, 11) is 1.58. The van der Waals surface area contributed by atoms with Crippen molar-refractivity contribution >= 4 is 11.7 Å². The van der Waals surface area contributed by atoms with Crippen LogP contribution in [-0.4, -0.2) is 29.3 Å². The number of hydrogen-bond donors (Lipinski definition) is 2. The van der Waals surface area contributed by atoms with Crippen LogP contribution in [0, 0.1) is 0 Å². The third-order valence-corrected chi connectivity index (χ3v) is 4.28. The third-order valence-electron chi connectivity index (χ3n) is 4.28. The Hall–Kier alpha value is -3.02. The van der Waals surface area contributed by atoms with Crippen LogP contribution in [0.4, 0.5) is 5.69 Å². The second kappa shape index (κ2) is 7.07. The van der Waals surface area contributed by atoms with E-state index in [4.69, 9.17) is 9.47 Å². The van der Waals surface area contributed by atoms with Crippen LogP contribution in [0.15, 0.2) is 47.8 Å². The molecule has 1 atom stereocenters. The molecule has 6 nitrogen and oxygen atoms in total. The van der Waals surface area contributed by atoms with Crippen LogP contribution in [0.2, 0.25) is 0 Å². The zero-order chi connectivity index (χ0) is 18.8. The molecule has 2 aromatic rings. The molecular formula is C20H22N2O4. The fourth-order valence-corrected chi connectivity index (χ4v) is 3.29. The molecule has 0 amide bonds. The minimum absolute atomic E-state index is 0.0902. The van der Waals surface area contributed by atoms with Crippen LogP contribution in [0.3, 0.4) is 0 Å². The summed E-state index contributed by atoms with van der Waals surface area (Å²) in [6, 6.07) is 9.25. The molecule has 0 fully saturated rings. The number of hydrogen-bond acceptors (Lipinski definition) is 5. The molecule has 26 heavy (non-hydrogen) atoms. The Labute approximate surface area is 152 Å². The Bertz CT molecular complexity index is 874. The Morgan fingerprint density at radius 3 is 2.65 bits per heavy atom. The summed E-state index contributed by atoms with van der Waals surface area (Å²) in [6.07, 6.45) is 1.56. The number of carboxylic acid groups (broad SMARTS) is 1. The maximum Gasteiger partial charge on any atom is 0.334 e. The van der Waals surface area contributed by atoms with E-state index < -0.39 is 11.9 Å². The average Bonchev–Trinajstić information content (AvgIpc) is 2.59. The van der Waals surface area contributed by atoms with Crippen molar-refractivity contribution in [1.29, 1.82) is 0 Å². The summed E-state index contributed by atoms with van der Waals surface area (Å²) < 4.78 is 11.4. The van der Waals surface area contributed by atoms with Gasteiger partial charge in [0.15, 0.2) is 0 Å². The lowest BCUT2D eigenvalue weighted by Gasteiger charge is -2.31. The number of para-hydroxylation sites is 1. The molecule has 0 spiro atoms. The van der Waals surface area contributed by atoms with E-state index >= 15 is 0 Å². The van der Waals surface area contributed by atoms with Crippen LogP contribution < -0.4 is 14.8 Å². The van der Waals surface area contributed by atoms with E-state index in [1.165, 1.54) is 0 Å². The molecule has 0 radical (unpaired) electrons. The molecule has 1 aromatic carbocycles. The molecule has 136 valence electrons. The second-order valence-corrected chi connectivity index (χ2v) is 6.39. The minimum Gasteiger partial charge on any atom is -0.496 e. The highest BCUT2D eigenvalue weighted by atomic mass is 16.5. The molecule has 0 bridgehead atoms. The summed E-state index contributed by atoms with van der Waals surface area (Å²) in [6.45, 7) is 5.58. The Kier molecular flexibility index (Phi) is 4.84. The number of carbonyl (C=O) groups is 1. The van der Waals surface area contributed by atoms with Crippen LogP contribution >= 0.6 is 0 Å². The van der Waals surface area contributed by atoms with Gasteiger partial charge in [-0.15, -0.1) is 0 Å². The number of aliphatic carboxylic acids is 1. The van der Waals surface area contributed by atoms with Crippen molar-refractivity contribution in [3.63, 3.8) is 0 Å². The molecule has 6 heteroatoms. The first-order valence-corrected chi connectivity index (χ1v) is 8.43. The van der Waals surface area contributed by atoms with E-state index in [0.29, 0.717) is 22.9 Å². The van der Waals surface area contributed by atoms with Gasteiger partial charge in [-0.3, -0.25) is 0 Å². The van der Waals surface area contributed by atoms with Gasteiger partial charge >= 0.3 is 5.97 Å². The number of nitrogens with zero attached hydrogens (tertiary/aromatic N) is 1. The second-order valence-electron chi connectivity index (χ2n) is 6.39. The fourth-order valence-electron chi connectivity index (χ4n) is 3.29. The summed E-state index contributed by atoms with van der Waals surface area (Å²) in [5.74, 6) is -0.498. The Morgan fingerprint density at radius 1 is 1.27 bits per heavy atom.